The van der Waals surface area contributed by atoms with E-state index in [9.17, 15) is 4.79 Å². The number of rotatable bonds is 7. The lowest BCUT2D eigenvalue weighted by Gasteiger charge is -2.11. The van der Waals surface area contributed by atoms with Gasteiger partial charge in [0.15, 0.2) is 17.3 Å². The predicted octanol–water partition coefficient (Wildman–Crippen LogP) is 3.17. The summed E-state index contributed by atoms with van der Waals surface area (Å²) >= 11 is 1.29. The molecule has 0 saturated heterocycles. The second-order valence-corrected chi connectivity index (χ2v) is 7.33. The molecule has 0 amide bonds. The number of para-hydroxylation sites is 1. The van der Waals surface area contributed by atoms with Crippen LogP contribution in [0, 0.1) is 0 Å². The van der Waals surface area contributed by atoms with E-state index in [2.05, 4.69) is 10.1 Å². The molecule has 0 aliphatic heterocycles. The Morgan fingerprint density at radius 2 is 1.80 bits per heavy atom. The summed E-state index contributed by atoms with van der Waals surface area (Å²) in [7, 11) is 1.59. The maximum Gasteiger partial charge on any atom is 0.291 e. The fraction of sp³-hybridized carbons (Fsp3) is 0.227. The Morgan fingerprint density at radius 3 is 2.53 bits per heavy atom. The van der Waals surface area contributed by atoms with E-state index in [1.54, 1.807) is 7.11 Å². The third-order valence-corrected chi connectivity index (χ3v) is 5.35. The van der Waals surface area contributed by atoms with E-state index in [4.69, 9.17) is 14.2 Å². The molecule has 0 aliphatic carbocycles. The first-order valence-electron chi connectivity index (χ1n) is 9.59. The number of hydrogen-bond acceptors (Lipinski definition) is 7. The van der Waals surface area contributed by atoms with Crippen LogP contribution in [0.1, 0.15) is 19.4 Å². The number of fused-ring (bicyclic) bond motifs is 1. The molecular weight excluding hydrogens is 402 g/mol. The molecule has 0 radical (unpaired) electrons. The minimum absolute atomic E-state index is 0.213. The normalized spacial score (nSPS) is 11.8. The van der Waals surface area contributed by atoms with E-state index in [-0.39, 0.29) is 5.56 Å². The lowest BCUT2D eigenvalue weighted by atomic mass is 10.2. The topological polar surface area (TPSA) is 75.0 Å². The Kier molecular flexibility index (Phi) is 5.67. The van der Waals surface area contributed by atoms with Crippen LogP contribution in [0.3, 0.4) is 0 Å². The summed E-state index contributed by atoms with van der Waals surface area (Å²) in [6.45, 7) is 4.92. The average Bonchev–Trinajstić information content (AvgIpc) is 3.29. The monoisotopic (exact) mass is 423 g/mol. The maximum absolute atomic E-state index is 12.9. The summed E-state index contributed by atoms with van der Waals surface area (Å²) in [4.78, 5) is 17.9. The van der Waals surface area contributed by atoms with Crippen LogP contribution in [0.15, 0.2) is 47.3 Å². The van der Waals surface area contributed by atoms with Crippen molar-refractivity contribution in [1.29, 1.82) is 0 Å². The highest BCUT2D eigenvalue weighted by atomic mass is 32.1. The molecule has 2 aromatic carbocycles. The zero-order chi connectivity index (χ0) is 21.1. The molecule has 154 valence electrons. The van der Waals surface area contributed by atoms with Crippen molar-refractivity contribution in [2.75, 3.05) is 20.3 Å². The molecule has 0 aliphatic rings. The van der Waals surface area contributed by atoms with E-state index >= 15 is 0 Å². The predicted molar refractivity (Wildman–Crippen MR) is 117 cm³/mol. The van der Waals surface area contributed by atoms with Crippen LogP contribution in [0.2, 0.25) is 0 Å². The van der Waals surface area contributed by atoms with Gasteiger partial charge in [0.2, 0.25) is 4.96 Å². The molecule has 0 bridgehead atoms. The highest BCUT2D eigenvalue weighted by molar-refractivity contribution is 7.15. The molecule has 2 aromatic heterocycles. The Labute approximate surface area is 177 Å². The van der Waals surface area contributed by atoms with Crippen molar-refractivity contribution in [2.45, 2.75) is 13.8 Å². The van der Waals surface area contributed by atoms with Crippen molar-refractivity contribution >= 4 is 22.4 Å². The van der Waals surface area contributed by atoms with Gasteiger partial charge in [-0.15, -0.1) is 5.10 Å². The van der Waals surface area contributed by atoms with Gasteiger partial charge in [0, 0.05) is 0 Å². The smallest absolute Gasteiger partial charge is 0.291 e. The number of hydrogen-bond donors (Lipinski definition) is 0. The van der Waals surface area contributed by atoms with Gasteiger partial charge >= 0.3 is 0 Å². The Morgan fingerprint density at radius 1 is 1.03 bits per heavy atom. The first-order valence-corrected chi connectivity index (χ1v) is 10.4. The molecule has 0 N–H and O–H groups in total. The molecule has 0 spiro atoms. The van der Waals surface area contributed by atoms with E-state index in [0.717, 1.165) is 11.1 Å². The van der Waals surface area contributed by atoms with Gasteiger partial charge in [-0.25, -0.2) is 0 Å². The Balaban J connectivity index is 1.75. The van der Waals surface area contributed by atoms with Crippen LogP contribution < -0.4 is 24.3 Å². The molecule has 0 saturated carbocycles. The second-order valence-electron chi connectivity index (χ2n) is 6.32. The van der Waals surface area contributed by atoms with Gasteiger partial charge in [0.25, 0.3) is 5.56 Å². The molecule has 30 heavy (non-hydrogen) atoms. The quantitative estimate of drug-likeness (QED) is 0.455. The number of benzene rings is 2. The Hall–Kier alpha value is -3.39. The SMILES string of the molecule is CCOc1ccc(/C=c2\sc3nc(-c4ccccc4OC)nn3c2=O)cc1OCC. The van der Waals surface area contributed by atoms with Gasteiger partial charge in [-0.2, -0.15) is 9.50 Å². The summed E-state index contributed by atoms with van der Waals surface area (Å²) in [5, 5.41) is 4.40. The molecule has 0 atom stereocenters. The van der Waals surface area contributed by atoms with Crippen molar-refractivity contribution in [3.63, 3.8) is 0 Å². The van der Waals surface area contributed by atoms with Crippen LogP contribution >= 0.6 is 11.3 Å². The highest BCUT2D eigenvalue weighted by Gasteiger charge is 2.15. The summed E-state index contributed by atoms with van der Waals surface area (Å²) < 4.78 is 18.5. The minimum Gasteiger partial charge on any atom is -0.496 e. The van der Waals surface area contributed by atoms with Crippen LogP contribution in [-0.4, -0.2) is 34.9 Å². The van der Waals surface area contributed by atoms with Gasteiger partial charge in [0.05, 0.1) is 30.4 Å². The summed E-state index contributed by atoms with van der Waals surface area (Å²) in [5.74, 6) is 2.45. The average molecular weight is 423 g/mol. The van der Waals surface area contributed by atoms with E-state index in [1.165, 1.54) is 15.9 Å². The second kappa shape index (κ2) is 8.54. The molecule has 4 aromatic rings. The molecule has 7 nitrogen and oxygen atoms in total. The van der Waals surface area contributed by atoms with Gasteiger partial charge in [0.1, 0.15) is 5.75 Å². The molecular formula is C22H21N3O4S. The maximum atomic E-state index is 12.9. The van der Waals surface area contributed by atoms with Crippen LogP contribution in [0.4, 0.5) is 0 Å². The number of ether oxygens (including phenoxy) is 3. The molecule has 4 rings (SSSR count). The largest absolute Gasteiger partial charge is 0.496 e. The number of nitrogens with zero attached hydrogens (tertiary/aromatic N) is 3. The zero-order valence-corrected chi connectivity index (χ0v) is 17.7. The van der Waals surface area contributed by atoms with Crippen LogP contribution in [0.25, 0.3) is 22.4 Å². The summed E-state index contributed by atoms with van der Waals surface area (Å²) in [5.41, 5.74) is 1.37. The molecule has 2 heterocycles. The first-order chi connectivity index (χ1) is 14.6. The zero-order valence-electron chi connectivity index (χ0n) is 16.9. The standard InChI is InChI=1S/C22H21N3O4S/c1-4-28-17-11-10-14(12-18(17)29-5-2)13-19-21(26)25-22(30-19)23-20(24-25)15-8-6-7-9-16(15)27-3/h6-13H,4-5H2,1-3H3/b19-13-. The van der Waals surface area contributed by atoms with Gasteiger partial charge in [-0.1, -0.05) is 29.5 Å². The number of thiazole rings is 1. The number of aromatic nitrogens is 3. The van der Waals surface area contributed by atoms with Gasteiger partial charge < -0.3 is 14.2 Å². The van der Waals surface area contributed by atoms with Gasteiger partial charge in [-0.05, 0) is 49.8 Å². The van der Waals surface area contributed by atoms with Crippen LogP contribution in [-0.2, 0) is 0 Å². The first kappa shape index (κ1) is 19.9. The summed E-state index contributed by atoms with van der Waals surface area (Å²) in [6, 6.07) is 13.1. The van der Waals surface area contributed by atoms with Gasteiger partial charge in [-0.3, -0.25) is 4.79 Å². The minimum atomic E-state index is -0.213. The number of methoxy groups -OCH3 is 1. The Bertz CT molecular complexity index is 1300. The van der Waals surface area contributed by atoms with Crippen molar-refractivity contribution < 1.29 is 14.2 Å². The molecule has 0 unspecified atom stereocenters. The van der Waals surface area contributed by atoms with Crippen molar-refractivity contribution in [2.24, 2.45) is 0 Å². The van der Waals surface area contributed by atoms with E-state index in [1.807, 2.05) is 62.4 Å². The summed E-state index contributed by atoms with van der Waals surface area (Å²) in [6.07, 6.45) is 1.81. The van der Waals surface area contributed by atoms with Crippen molar-refractivity contribution in [3.05, 3.63) is 62.9 Å². The highest BCUT2D eigenvalue weighted by Crippen LogP contribution is 2.29. The molecule has 0 fully saturated rings. The van der Waals surface area contributed by atoms with Crippen molar-refractivity contribution in [1.82, 2.24) is 14.6 Å². The third kappa shape index (κ3) is 3.73. The fourth-order valence-corrected chi connectivity index (χ4v) is 3.99. The van der Waals surface area contributed by atoms with E-state index < -0.39 is 0 Å². The third-order valence-electron chi connectivity index (χ3n) is 4.39. The lowest BCUT2D eigenvalue weighted by Crippen LogP contribution is -2.23. The van der Waals surface area contributed by atoms with Crippen molar-refractivity contribution in [3.8, 4) is 28.6 Å². The van der Waals surface area contributed by atoms with E-state index in [0.29, 0.717) is 45.8 Å². The fourth-order valence-electron chi connectivity index (χ4n) is 3.09. The lowest BCUT2D eigenvalue weighted by molar-refractivity contribution is 0.287. The molecule has 8 heteroatoms. The van der Waals surface area contributed by atoms with Crippen LogP contribution in [0.5, 0.6) is 17.2 Å².